The molecule has 0 spiro atoms. The van der Waals surface area contributed by atoms with Crippen LogP contribution < -0.4 is 15.4 Å². The average Bonchev–Trinajstić information content (AvgIpc) is 2.83. The van der Waals surface area contributed by atoms with Gasteiger partial charge >= 0.3 is 0 Å². The maximum atomic E-state index is 5.97. The zero-order valence-corrected chi connectivity index (χ0v) is 13.9. The van der Waals surface area contributed by atoms with E-state index in [4.69, 9.17) is 4.74 Å². The number of nitrogens with one attached hydrogen (secondary N) is 2. The zero-order chi connectivity index (χ0) is 15.2. The van der Waals surface area contributed by atoms with Gasteiger partial charge in [0.15, 0.2) is 0 Å². The fourth-order valence-corrected chi connectivity index (χ4v) is 3.55. The molecule has 1 aromatic rings. The molecule has 1 unspecified atom stereocenters. The van der Waals surface area contributed by atoms with Crippen molar-refractivity contribution < 1.29 is 4.74 Å². The Labute approximate surface area is 134 Å². The SMILES string of the molecule is CCC1CNc2cc(CCNC3CCCCCC3)ccc2O1. The minimum absolute atomic E-state index is 0.315. The van der Waals surface area contributed by atoms with E-state index < -0.39 is 0 Å². The highest BCUT2D eigenvalue weighted by Gasteiger charge is 2.17. The molecule has 3 nitrogen and oxygen atoms in total. The summed E-state index contributed by atoms with van der Waals surface area (Å²) in [6, 6.07) is 7.35. The van der Waals surface area contributed by atoms with Crippen LogP contribution in [-0.2, 0) is 6.42 Å². The quantitative estimate of drug-likeness (QED) is 0.803. The first kappa shape index (κ1) is 15.7. The first-order valence-electron chi connectivity index (χ1n) is 9.12. The summed E-state index contributed by atoms with van der Waals surface area (Å²) in [7, 11) is 0. The Morgan fingerprint density at radius 3 is 2.77 bits per heavy atom. The van der Waals surface area contributed by atoms with Crippen LogP contribution in [0.25, 0.3) is 0 Å². The number of hydrogen-bond donors (Lipinski definition) is 2. The summed E-state index contributed by atoms with van der Waals surface area (Å²) in [5.41, 5.74) is 2.56. The van der Waals surface area contributed by atoms with Gasteiger partial charge in [0.25, 0.3) is 0 Å². The molecule has 1 saturated carbocycles. The Morgan fingerprint density at radius 2 is 2.00 bits per heavy atom. The maximum absolute atomic E-state index is 5.97. The summed E-state index contributed by atoms with van der Waals surface area (Å²) in [5, 5.41) is 7.26. The molecule has 0 saturated heterocycles. The van der Waals surface area contributed by atoms with Gasteiger partial charge in [-0.25, -0.2) is 0 Å². The smallest absolute Gasteiger partial charge is 0.142 e. The Bertz CT molecular complexity index is 467. The van der Waals surface area contributed by atoms with E-state index in [0.717, 1.165) is 43.4 Å². The molecule has 3 rings (SSSR count). The first-order valence-corrected chi connectivity index (χ1v) is 9.12. The summed E-state index contributed by atoms with van der Waals surface area (Å²) in [4.78, 5) is 0. The Hall–Kier alpha value is -1.22. The van der Waals surface area contributed by atoms with E-state index in [9.17, 15) is 0 Å². The van der Waals surface area contributed by atoms with Gasteiger partial charge in [-0.05, 0) is 49.9 Å². The van der Waals surface area contributed by atoms with E-state index in [1.54, 1.807) is 0 Å². The van der Waals surface area contributed by atoms with Crippen molar-refractivity contribution in [1.29, 1.82) is 0 Å². The van der Waals surface area contributed by atoms with Crippen LogP contribution in [0, 0.1) is 0 Å². The van der Waals surface area contributed by atoms with Crippen LogP contribution in [0.3, 0.4) is 0 Å². The summed E-state index contributed by atoms with van der Waals surface area (Å²) in [5.74, 6) is 1.01. The molecule has 1 fully saturated rings. The minimum Gasteiger partial charge on any atom is -0.486 e. The third-order valence-electron chi connectivity index (χ3n) is 5.01. The van der Waals surface area contributed by atoms with E-state index in [-0.39, 0.29) is 0 Å². The second-order valence-corrected chi connectivity index (χ2v) is 6.75. The van der Waals surface area contributed by atoms with Gasteiger partial charge in [0.1, 0.15) is 11.9 Å². The predicted molar refractivity (Wildman–Crippen MR) is 92.8 cm³/mol. The fraction of sp³-hybridized carbons (Fsp3) is 0.684. The van der Waals surface area contributed by atoms with E-state index in [1.807, 2.05) is 0 Å². The summed E-state index contributed by atoms with van der Waals surface area (Å²) in [6.07, 6.45) is 10.8. The van der Waals surface area contributed by atoms with Gasteiger partial charge in [0, 0.05) is 6.04 Å². The minimum atomic E-state index is 0.315. The topological polar surface area (TPSA) is 33.3 Å². The summed E-state index contributed by atoms with van der Waals surface area (Å²) >= 11 is 0. The molecular formula is C19H30N2O. The second-order valence-electron chi connectivity index (χ2n) is 6.75. The van der Waals surface area contributed by atoms with Crippen molar-refractivity contribution in [2.24, 2.45) is 0 Å². The Balaban J connectivity index is 1.49. The van der Waals surface area contributed by atoms with Crippen molar-refractivity contribution >= 4 is 5.69 Å². The van der Waals surface area contributed by atoms with E-state index in [0.29, 0.717) is 6.10 Å². The van der Waals surface area contributed by atoms with Gasteiger partial charge in [0.05, 0.1) is 12.2 Å². The van der Waals surface area contributed by atoms with E-state index >= 15 is 0 Å². The van der Waals surface area contributed by atoms with E-state index in [1.165, 1.54) is 44.1 Å². The molecule has 1 aliphatic carbocycles. The van der Waals surface area contributed by atoms with Gasteiger partial charge in [-0.15, -0.1) is 0 Å². The first-order chi connectivity index (χ1) is 10.8. The molecule has 122 valence electrons. The van der Waals surface area contributed by atoms with Gasteiger partial charge < -0.3 is 15.4 Å². The molecule has 0 bridgehead atoms. The summed E-state index contributed by atoms with van der Waals surface area (Å²) < 4.78 is 5.97. The van der Waals surface area contributed by atoms with Crippen LogP contribution in [0.4, 0.5) is 5.69 Å². The number of anilines is 1. The molecule has 1 atom stereocenters. The van der Waals surface area contributed by atoms with Crippen molar-refractivity contribution in [3.8, 4) is 5.75 Å². The summed E-state index contributed by atoms with van der Waals surface area (Å²) in [6.45, 7) is 4.18. The van der Waals surface area contributed by atoms with E-state index in [2.05, 4.69) is 35.8 Å². The molecule has 1 heterocycles. The van der Waals surface area contributed by atoms with Crippen LogP contribution in [0.15, 0.2) is 18.2 Å². The lowest BCUT2D eigenvalue weighted by Crippen LogP contribution is -2.31. The predicted octanol–water partition coefficient (Wildman–Crippen LogP) is 4.12. The molecule has 0 radical (unpaired) electrons. The molecule has 0 aromatic heterocycles. The van der Waals surface area contributed by atoms with Crippen LogP contribution in [0.1, 0.15) is 57.4 Å². The third-order valence-corrected chi connectivity index (χ3v) is 5.01. The lowest BCUT2D eigenvalue weighted by atomic mass is 10.1. The molecule has 3 heteroatoms. The van der Waals surface area contributed by atoms with Crippen LogP contribution in [-0.4, -0.2) is 25.2 Å². The van der Waals surface area contributed by atoms with Crippen molar-refractivity contribution in [2.45, 2.75) is 70.4 Å². The number of benzene rings is 1. The Morgan fingerprint density at radius 1 is 1.18 bits per heavy atom. The molecule has 2 aliphatic rings. The molecule has 2 N–H and O–H groups in total. The largest absolute Gasteiger partial charge is 0.486 e. The van der Waals surface area contributed by atoms with Gasteiger partial charge in [0.2, 0.25) is 0 Å². The zero-order valence-electron chi connectivity index (χ0n) is 13.9. The molecular weight excluding hydrogens is 272 g/mol. The molecule has 22 heavy (non-hydrogen) atoms. The molecule has 1 aromatic carbocycles. The number of fused-ring (bicyclic) bond motifs is 1. The molecule has 0 amide bonds. The van der Waals surface area contributed by atoms with Gasteiger partial charge in [-0.2, -0.15) is 0 Å². The maximum Gasteiger partial charge on any atom is 0.142 e. The van der Waals surface area contributed by atoms with Crippen LogP contribution >= 0.6 is 0 Å². The lowest BCUT2D eigenvalue weighted by molar-refractivity contribution is 0.202. The number of rotatable bonds is 5. The highest BCUT2D eigenvalue weighted by molar-refractivity contribution is 5.59. The lowest BCUT2D eigenvalue weighted by Gasteiger charge is -2.27. The van der Waals surface area contributed by atoms with Gasteiger partial charge in [-0.1, -0.05) is 38.7 Å². The Kier molecular flexibility index (Phi) is 5.60. The number of ether oxygens (including phenoxy) is 1. The number of hydrogen-bond acceptors (Lipinski definition) is 3. The average molecular weight is 302 g/mol. The highest BCUT2D eigenvalue weighted by atomic mass is 16.5. The van der Waals surface area contributed by atoms with Crippen LogP contribution in [0.5, 0.6) is 5.75 Å². The van der Waals surface area contributed by atoms with Gasteiger partial charge in [-0.3, -0.25) is 0 Å². The van der Waals surface area contributed by atoms with Crippen molar-refractivity contribution in [3.63, 3.8) is 0 Å². The monoisotopic (exact) mass is 302 g/mol. The van der Waals surface area contributed by atoms with Crippen molar-refractivity contribution in [1.82, 2.24) is 5.32 Å². The molecule has 1 aliphatic heterocycles. The van der Waals surface area contributed by atoms with Crippen LogP contribution in [0.2, 0.25) is 0 Å². The highest BCUT2D eigenvalue weighted by Crippen LogP contribution is 2.30. The van der Waals surface area contributed by atoms with Crippen molar-refractivity contribution in [3.05, 3.63) is 23.8 Å². The third kappa shape index (κ3) is 4.16. The van der Waals surface area contributed by atoms with Crippen molar-refractivity contribution in [2.75, 3.05) is 18.4 Å². The fourth-order valence-electron chi connectivity index (χ4n) is 3.55. The normalized spacial score (nSPS) is 22.3. The standard InChI is InChI=1S/C19H30N2O/c1-2-17-14-21-18-13-15(9-10-19(18)22-17)11-12-20-16-7-5-3-4-6-8-16/h9-10,13,16-17,20-21H,2-8,11-12,14H2,1H3. The second kappa shape index (κ2) is 7.87.